The fourth-order valence-corrected chi connectivity index (χ4v) is 2.10. The van der Waals surface area contributed by atoms with E-state index in [2.05, 4.69) is 16.7 Å². The first-order valence-electron chi connectivity index (χ1n) is 5.96. The smallest absolute Gasteiger partial charge is 0.245 e. The Morgan fingerprint density at radius 3 is 3.00 bits per heavy atom. The maximum Gasteiger partial charge on any atom is 0.245 e. The first kappa shape index (κ1) is 11.9. The summed E-state index contributed by atoms with van der Waals surface area (Å²) in [5, 5.41) is 6.33. The zero-order valence-electron chi connectivity index (χ0n) is 10.4. The van der Waals surface area contributed by atoms with E-state index in [0.29, 0.717) is 0 Å². The van der Waals surface area contributed by atoms with Crippen LogP contribution in [0.15, 0.2) is 24.3 Å². The van der Waals surface area contributed by atoms with Gasteiger partial charge in [0.05, 0.1) is 0 Å². The molecule has 2 N–H and O–H groups in total. The average Bonchev–Trinajstić information content (AvgIpc) is 2.78. The lowest BCUT2D eigenvalue weighted by atomic mass is 10.1. The molecule has 0 saturated heterocycles. The summed E-state index contributed by atoms with van der Waals surface area (Å²) in [5.41, 5.74) is 2.32. The summed E-state index contributed by atoms with van der Waals surface area (Å²) in [4.78, 5) is 13.9. The number of carbonyl (C=O) groups excluding carboxylic acids is 1. The number of nitrogens with one attached hydrogen (secondary N) is 2. The highest BCUT2D eigenvalue weighted by Crippen LogP contribution is 2.25. The molecule has 1 amide bonds. The van der Waals surface area contributed by atoms with E-state index in [1.54, 1.807) is 4.90 Å². The number of benzene rings is 1. The van der Waals surface area contributed by atoms with Gasteiger partial charge in [0.2, 0.25) is 5.91 Å². The van der Waals surface area contributed by atoms with Crippen molar-refractivity contribution in [2.45, 2.75) is 12.5 Å². The summed E-state index contributed by atoms with van der Waals surface area (Å²) < 4.78 is 0. The molecule has 2 rings (SSSR count). The molecule has 1 aromatic rings. The summed E-state index contributed by atoms with van der Waals surface area (Å²) in [6.45, 7) is 1.56. The topological polar surface area (TPSA) is 44.4 Å². The van der Waals surface area contributed by atoms with Crippen LogP contribution in [0.25, 0.3) is 0 Å². The van der Waals surface area contributed by atoms with Crippen LogP contribution in [0.2, 0.25) is 0 Å². The van der Waals surface area contributed by atoms with Gasteiger partial charge < -0.3 is 15.5 Å². The van der Waals surface area contributed by atoms with Crippen LogP contribution in [-0.4, -0.2) is 44.0 Å². The first-order chi connectivity index (χ1) is 8.22. The van der Waals surface area contributed by atoms with E-state index >= 15 is 0 Å². The van der Waals surface area contributed by atoms with Gasteiger partial charge in [-0.05, 0) is 18.7 Å². The second-order valence-corrected chi connectivity index (χ2v) is 4.42. The molecule has 0 radical (unpaired) electrons. The van der Waals surface area contributed by atoms with E-state index in [1.807, 2.05) is 32.3 Å². The van der Waals surface area contributed by atoms with Crippen molar-refractivity contribution in [2.24, 2.45) is 0 Å². The number of anilines is 1. The summed E-state index contributed by atoms with van der Waals surface area (Å²) >= 11 is 0. The van der Waals surface area contributed by atoms with Crippen molar-refractivity contribution < 1.29 is 4.79 Å². The fraction of sp³-hybridized carbons (Fsp3) is 0.462. The zero-order valence-corrected chi connectivity index (χ0v) is 10.4. The van der Waals surface area contributed by atoms with Crippen molar-refractivity contribution in [2.75, 3.05) is 32.5 Å². The van der Waals surface area contributed by atoms with Gasteiger partial charge in [-0.25, -0.2) is 0 Å². The maximum atomic E-state index is 12.2. The fourth-order valence-electron chi connectivity index (χ4n) is 2.10. The third-order valence-corrected chi connectivity index (χ3v) is 3.14. The molecule has 17 heavy (non-hydrogen) atoms. The maximum absolute atomic E-state index is 12.2. The molecule has 0 unspecified atom stereocenters. The van der Waals surface area contributed by atoms with Gasteiger partial charge in [0.1, 0.15) is 6.04 Å². The summed E-state index contributed by atoms with van der Waals surface area (Å²) in [6.07, 6.45) is 0.791. The molecule has 0 fully saturated rings. The number of fused-ring (bicyclic) bond motifs is 1. The van der Waals surface area contributed by atoms with Crippen LogP contribution in [0.1, 0.15) is 5.56 Å². The molecule has 1 heterocycles. The first-order valence-corrected chi connectivity index (χ1v) is 5.96. The largest absolute Gasteiger partial charge is 0.373 e. The molecule has 4 heteroatoms. The van der Waals surface area contributed by atoms with Crippen LogP contribution in [-0.2, 0) is 11.2 Å². The Labute approximate surface area is 102 Å². The third kappa shape index (κ3) is 2.58. The number of amides is 1. The van der Waals surface area contributed by atoms with Gasteiger partial charge in [0.25, 0.3) is 0 Å². The molecule has 0 bridgehead atoms. The van der Waals surface area contributed by atoms with Crippen molar-refractivity contribution in [3.05, 3.63) is 29.8 Å². The van der Waals surface area contributed by atoms with Crippen LogP contribution < -0.4 is 10.6 Å². The number of likely N-dealkylation sites (N-methyl/N-ethyl adjacent to an activating group) is 2. The van der Waals surface area contributed by atoms with Gasteiger partial charge in [0, 0.05) is 32.2 Å². The van der Waals surface area contributed by atoms with Gasteiger partial charge in [-0.1, -0.05) is 18.2 Å². The normalized spacial score (nSPS) is 17.4. The lowest BCUT2D eigenvalue weighted by Crippen LogP contribution is -2.42. The Hall–Kier alpha value is -1.55. The van der Waals surface area contributed by atoms with Gasteiger partial charge in [0.15, 0.2) is 0 Å². The second-order valence-electron chi connectivity index (χ2n) is 4.42. The lowest BCUT2D eigenvalue weighted by Gasteiger charge is -2.21. The Bertz CT molecular complexity index is 380. The predicted molar refractivity (Wildman–Crippen MR) is 69.1 cm³/mol. The number of rotatable bonds is 4. The van der Waals surface area contributed by atoms with E-state index in [1.165, 1.54) is 5.56 Å². The van der Waals surface area contributed by atoms with E-state index in [-0.39, 0.29) is 11.9 Å². The van der Waals surface area contributed by atoms with Crippen LogP contribution >= 0.6 is 0 Å². The predicted octanol–water partition coefficient (Wildman–Crippen LogP) is 0.701. The molecule has 0 aromatic heterocycles. The SMILES string of the molecule is CNCCN(C)C(=O)[C@@H]1Cc2ccccc2N1. The average molecular weight is 233 g/mol. The number of nitrogens with zero attached hydrogens (tertiary/aromatic N) is 1. The molecule has 0 spiro atoms. The van der Waals surface area contributed by atoms with E-state index < -0.39 is 0 Å². The van der Waals surface area contributed by atoms with E-state index in [0.717, 1.165) is 25.2 Å². The highest BCUT2D eigenvalue weighted by atomic mass is 16.2. The zero-order chi connectivity index (χ0) is 12.3. The Morgan fingerprint density at radius 1 is 1.53 bits per heavy atom. The molecule has 1 aliphatic rings. The van der Waals surface area contributed by atoms with E-state index in [4.69, 9.17) is 0 Å². The Morgan fingerprint density at radius 2 is 2.29 bits per heavy atom. The Balaban J connectivity index is 1.96. The quantitative estimate of drug-likeness (QED) is 0.804. The number of carbonyl (C=O) groups is 1. The highest BCUT2D eigenvalue weighted by molar-refractivity contribution is 5.87. The molecule has 1 atom stereocenters. The van der Waals surface area contributed by atoms with Crippen LogP contribution in [0, 0.1) is 0 Å². The second kappa shape index (κ2) is 5.19. The number of hydrogen-bond acceptors (Lipinski definition) is 3. The van der Waals surface area contributed by atoms with Crippen molar-refractivity contribution in [1.29, 1.82) is 0 Å². The van der Waals surface area contributed by atoms with Gasteiger partial charge >= 0.3 is 0 Å². The number of para-hydroxylation sites is 1. The minimum Gasteiger partial charge on any atom is -0.373 e. The van der Waals surface area contributed by atoms with Crippen molar-refractivity contribution in [1.82, 2.24) is 10.2 Å². The molecular formula is C13H19N3O. The summed E-state index contributed by atoms with van der Waals surface area (Å²) in [6, 6.07) is 8.00. The molecular weight excluding hydrogens is 214 g/mol. The lowest BCUT2D eigenvalue weighted by molar-refractivity contribution is -0.130. The monoisotopic (exact) mass is 233 g/mol. The number of hydrogen-bond donors (Lipinski definition) is 2. The molecule has 0 saturated carbocycles. The van der Waals surface area contributed by atoms with Gasteiger partial charge in [-0.2, -0.15) is 0 Å². The van der Waals surface area contributed by atoms with E-state index in [9.17, 15) is 4.79 Å². The third-order valence-electron chi connectivity index (χ3n) is 3.14. The molecule has 92 valence electrons. The van der Waals surface area contributed by atoms with Gasteiger partial charge in [-0.3, -0.25) is 4.79 Å². The van der Waals surface area contributed by atoms with Gasteiger partial charge in [-0.15, -0.1) is 0 Å². The molecule has 0 aliphatic carbocycles. The van der Waals surface area contributed by atoms with Crippen molar-refractivity contribution in [3.8, 4) is 0 Å². The Kier molecular flexibility index (Phi) is 3.64. The minimum atomic E-state index is -0.103. The van der Waals surface area contributed by atoms with Crippen LogP contribution in [0.3, 0.4) is 0 Å². The summed E-state index contributed by atoms with van der Waals surface area (Å²) in [5.74, 6) is 0.163. The highest BCUT2D eigenvalue weighted by Gasteiger charge is 2.28. The minimum absolute atomic E-state index is 0.103. The molecule has 1 aliphatic heterocycles. The van der Waals surface area contributed by atoms with Crippen molar-refractivity contribution in [3.63, 3.8) is 0 Å². The van der Waals surface area contributed by atoms with Crippen LogP contribution in [0.4, 0.5) is 5.69 Å². The molecule has 1 aromatic carbocycles. The van der Waals surface area contributed by atoms with Crippen molar-refractivity contribution >= 4 is 11.6 Å². The molecule has 4 nitrogen and oxygen atoms in total. The van der Waals surface area contributed by atoms with Crippen LogP contribution in [0.5, 0.6) is 0 Å². The summed E-state index contributed by atoms with van der Waals surface area (Å²) in [7, 11) is 3.74. The standard InChI is InChI=1S/C13H19N3O/c1-14-7-8-16(2)13(17)12-9-10-5-3-4-6-11(10)15-12/h3-6,12,14-15H,7-9H2,1-2H3/t12-/m0/s1.